The van der Waals surface area contributed by atoms with E-state index in [1.165, 1.54) is 5.56 Å². The van der Waals surface area contributed by atoms with E-state index in [-0.39, 0.29) is 5.91 Å². The molecule has 0 radical (unpaired) electrons. The smallest absolute Gasteiger partial charge is 0.251 e. The SMILES string of the molecule is O=C1NCCc2ccc(-n3ccnc3-c3ccc4c(c3)CCO4)cc21. The van der Waals surface area contributed by atoms with Crippen molar-refractivity contribution in [3.8, 4) is 22.8 Å². The summed E-state index contributed by atoms with van der Waals surface area (Å²) in [5.74, 6) is 1.83. The van der Waals surface area contributed by atoms with Gasteiger partial charge in [-0.1, -0.05) is 6.07 Å². The van der Waals surface area contributed by atoms with Gasteiger partial charge in [0.25, 0.3) is 5.91 Å². The van der Waals surface area contributed by atoms with Gasteiger partial charge in [0.15, 0.2) is 0 Å². The molecule has 2 aromatic carbocycles. The van der Waals surface area contributed by atoms with Gasteiger partial charge in [0.2, 0.25) is 0 Å². The summed E-state index contributed by atoms with van der Waals surface area (Å²) in [7, 11) is 0. The van der Waals surface area contributed by atoms with Crippen molar-refractivity contribution in [3.05, 3.63) is 65.5 Å². The summed E-state index contributed by atoms with van der Waals surface area (Å²) in [5.41, 5.74) is 5.07. The number of benzene rings is 2. The molecule has 0 spiro atoms. The molecule has 124 valence electrons. The van der Waals surface area contributed by atoms with E-state index in [4.69, 9.17) is 4.74 Å². The van der Waals surface area contributed by atoms with E-state index >= 15 is 0 Å². The fourth-order valence-corrected chi connectivity index (χ4v) is 3.60. The quantitative estimate of drug-likeness (QED) is 0.785. The van der Waals surface area contributed by atoms with Gasteiger partial charge in [-0.15, -0.1) is 0 Å². The lowest BCUT2D eigenvalue weighted by atomic mass is 9.99. The number of nitrogens with zero attached hydrogens (tertiary/aromatic N) is 2. The summed E-state index contributed by atoms with van der Waals surface area (Å²) >= 11 is 0. The van der Waals surface area contributed by atoms with Crippen LogP contribution in [0.3, 0.4) is 0 Å². The van der Waals surface area contributed by atoms with Crippen LogP contribution < -0.4 is 10.1 Å². The highest BCUT2D eigenvalue weighted by Crippen LogP contribution is 2.31. The number of amides is 1. The van der Waals surface area contributed by atoms with Gasteiger partial charge in [-0.2, -0.15) is 0 Å². The third kappa shape index (κ3) is 2.31. The Labute approximate surface area is 145 Å². The molecule has 5 rings (SSSR count). The Morgan fingerprint density at radius 3 is 3.00 bits per heavy atom. The van der Waals surface area contributed by atoms with Crippen molar-refractivity contribution in [3.63, 3.8) is 0 Å². The van der Waals surface area contributed by atoms with Gasteiger partial charge >= 0.3 is 0 Å². The molecule has 0 saturated carbocycles. The van der Waals surface area contributed by atoms with E-state index in [0.29, 0.717) is 6.54 Å². The van der Waals surface area contributed by atoms with Crippen LogP contribution in [0.15, 0.2) is 48.8 Å². The second kappa shape index (κ2) is 5.48. The van der Waals surface area contributed by atoms with E-state index in [1.54, 1.807) is 6.20 Å². The second-order valence-corrected chi connectivity index (χ2v) is 6.39. The minimum atomic E-state index is -0.000514. The van der Waals surface area contributed by atoms with E-state index in [1.807, 2.05) is 35.0 Å². The molecule has 0 aliphatic carbocycles. The van der Waals surface area contributed by atoms with Crippen molar-refractivity contribution in [1.29, 1.82) is 0 Å². The lowest BCUT2D eigenvalue weighted by Gasteiger charge is -2.18. The summed E-state index contributed by atoms with van der Waals surface area (Å²) in [5, 5.41) is 2.91. The molecular formula is C20H17N3O2. The Bertz CT molecular complexity index is 990. The summed E-state index contributed by atoms with van der Waals surface area (Å²) in [6, 6.07) is 12.2. The Morgan fingerprint density at radius 1 is 1.08 bits per heavy atom. The molecule has 5 nitrogen and oxygen atoms in total. The fraction of sp³-hybridized carbons (Fsp3) is 0.200. The van der Waals surface area contributed by atoms with Crippen molar-refractivity contribution >= 4 is 5.91 Å². The molecule has 0 fully saturated rings. The molecule has 3 aromatic rings. The first kappa shape index (κ1) is 14.3. The van der Waals surface area contributed by atoms with E-state index in [9.17, 15) is 4.79 Å². The normalized spacial score (nSPS) is 15.3. The number of nitrogens with one attached hydrogen (secondary N) is 1. The fourth-order valence-electron chi connectivity index (χ4n) is 3.60. The first-order valence-corrected chi connectivity index (χ1v) is 8.50. The van der Waals surface area contributed by atoms with E-state index < -0.39 is 0 Å². The number of hydrogen-bond acceptors (Lipinski definition) is 3. The van der Waals surface area contributed by atoms with Crippen molar-refractivity contribution in [2.45, 2.75) is 12.8 Å². The van der Waals surface area contributed by atoms with Crippen molar-refractivity contribution in [2.75, 3.05) is 13.2 Å². The van der Waals surface area contributed by atoms with Crippen LogP contribution in [0.5, 0.6) is 5.75 Å². The molecule has 0 unspecified atom stereocenters. The van der Waals surface area contributed by atoms with Crippen LogP contribution in [0.1, 0.15) is 21.5 Å². The first-order chi connectivity index (χ1) is 12.3. The van der Waals surface area contributed by atoms with Crippen LogP contribution in [0.4, 0.5) is 0 Å². The number of carbonyl (C=O) groups is 1. The Balaban J connectivity index is 1.60. The zero-order chi connectivity index (χ0) is 16.8. The Morgan fingerprint density at radius 2 is 2.04 bits per heavy atom. The van der Waals surface area contributed by atoms with Gasteiger partial charge in [-0.25, -0.2) is 4.98 Å². The highest BCUT2D eigenvalue weighted by molar-refractivity contribution is 5.97. The lowest BCUT2D eigenvalue weighted by molar-refractivity contribution is 0.0946. The first-order valence-electron chi connectivity index (χ1n) is 8.50. The van der Waals surface area contributed by atoms with Crippen LogP contribution in [0, 0.1) is 0 Å². The minimum absolute atomic E-state index is 0.000514. The minimum Gasteiger partial charge on any atom is -0.493 e. The Kier molecular flexibility index (Phi) is 3.13. The van der Waals surface area contributed by atoms with Gasteiger partial charge < -0.3 is 10.1 Å². The molecule has 0 atom stereocenters. The predicted molar refractivity (Wildman–Crippen MR) is 94.2 cm³/mol. The molecular weight excluding hydrogens is 314 g/mol. The average Bonchev–Trinajstić information content (AvgIpc) is 3.30. The molecule has 0 saturated heterocycles. The van der Waals surface area contributed by atoms with Crippen LogP contribution >= 0.6 is 0 Å². The Hall–Kier alpha value is -3.08. The zero-order valence-corrected chi connectivity index (χ0v) is 13.7. The van der Waals surface area contributed by atoms with Crippen molar-refractivity contribution < 1.29 is 9.53 Å². The lowest BCUT2D eigenvalue weighted by Crippen LogP contribution is -2.31. The second-order valence-electron chi connectivity index (χ2n) is 6.39. The standard InChI is InChI=1S/C20H17N3O2/c24-20-17-12-16(3-1-13(17)5-7-22-20)23-9-8-21-19(23)15-2-4-18-14(11-15)6-10-25-18/h1-4,8-9,11-12H,5-7,10H2,(H,22,24). The molecule has 2 aliphatic heterocycles. The average molecular weight is 331 g/mol. The van der Waals surface area contributed by atoms with E-state index in [2.05, 4.69) is 22.4 Å². The summed E-state index contributed by atoms with van der Waals surface area (Å²) in [4.78, 5) is 16.7. The highest BCUT2D eigenvalue weighted by atomic mass is 16.5. The molecule has 2 aliphatic rings. The number of hydrogen-bond donors (Lipinski definition) is 1. The third-order valence-electron chi connectivity index (χ3n) is 4.88. The number of carbonyl (C=O) groups excluding carboxylic acids is 1. The van der Waals surface area contributed by atoms with Gasteiger partial charge in [-0.3, -0.25) is 9.36 Å². The molecule has 3 heterocycles. The summed E-state index contributed by atoms with van der Waals surface area (Å²) in [6.07, 6.45) is 5.53. The maximum absolute atomic E-state index is 12.1. The van der Waals surface area contributed by atoms with Crippen molar-refractivity contribution in [1.82, 2.24) is 14.9 Å². The molecule has 0 bridgehead atoms. The maximum atomic E-state index is 12.1. The van der Waals surface area contributed by atoms with Gasteiger partial charge in [0.1, 0.15) is 11.6 Å². The third-order valence-corrected chi connectivity index (χ3v) is 4.88. The molecule has 5 heteroatoms. The summed E-state index contributed by atoms with van der Waals surface area (Å²) in [6.45, 7) is 1.45. The molecule has 1 aromatic heterocycles. The topological polar surface area (TPSA) is 56.2 Å². The number of aromatic nitrogens is 2. The number of rotatable bonds is 2. The van der Waals surface area contributed by atoms with Crippen LogP contribution in [0.2, 0.25) is 0 Å². The van der Waals surface area contributed by atoms with Gasteiger partial charge in [0.05, 0.1) is 6.61 Å². The zero-order valence-electron chi connectivity index (χ0n) is 13.7. The predicted octanol–water partition coefficient (Wildman–Crippen LogP) is 2.76. The van der Waals surface area contributed by atoms with Crippen molar-refractivity contribution in [2.24, 2.45) is 0 Å². The van der Waals surface area contributed by atoms with E-state index in [0.717, 1.165) is 53.4 Å². The van der Waals surface area contributed by atoms with Gasteiger partial charge in [-0.05, 0) is 47.9 Å². The monoisotopic (exact) mass is 331 g/mol. The summed E-state index contributed by atoms with van der Waals surface area (Å²) < 4.78 is 7.62. The number of ether oxygens (including phenoxy) is 1. The van der Waals surface area contributed by atoms with Crippen LogP contribution in [-0.2, 0) is 12.8 Å². The number of imidazole rings is 1. The molecule has 1 amide bonds. The molecule has 25 heavy (non-hydrogen) atoms. The van der Waals surface area contributed by atoms with Gasteiger partial charge in [0, 0.05) is 42.2 Å². The molecule has 1 N–H and O–H groups in total. The van der Waals surface area contributed by atoms with Crippen LogP contribution in [-0.4, -0.2) is 28.6 Å². The maximum Gasteiger partial charge on any atom is 0.251 e. The largest absolute Gasteiger partial charge is 0.493 e. The number of fused-ring (bicyclic) bond motifs is 2. The van der Waals surface area contributed by atoms with Crippen LogP contribution in [0.25, 0.3) is 17.1 Å². The highest BCUT2D eigenvalue weighted by Gasteiger charge is 2.19.